The SMILES string of the molecule is COC12CCCCC1CC1CCCC2C1=O. The van der Waals surface area contributed by atoms with Crippen LogP contribution >= 0.6 is 0 Å². The quantitative estimate of drug-likeness (QED) is 0.682. The van der Waals surface area contributed by atoms with Gasteiger partial charge in [-0.25, -0.2) is 0 Å². The molecule has 0 aliphatic heterocycles. The largest absolute Gasteiger partial charge is 0.377 e. The number of hydrogen-bond donors (Lipinski definition) is 0. The zero-order valence-electron chi connectivity index (χ0n) is 10.2. The molecule has 3 saturated carbocycles. The number of Topliss-reactive ketones (excluding diaryl/α,β-unsaturated/α-hetero) is 1. The van der Waals surface area contributed by atoms with Crippen LogP contribution in [0.1, 0.15) is 51.4 Å². The first kappa shape index (κ1) is 10.8. The number of rotatable bonds is 1. The van der Waals surface area contributed by atoms with Crippen LogP contribution in [0.2, 0.25) is 0 Å². The van der Waals surface area contributed by atoms with Crippen molar-refractivity contribution in [2.75, 3.05) is 7.11 Å². The first-order chi connectivity index (χ1) is 7.78. The van der Waals surface area contributed by atoms with Gasteiger partial charge in [0.1, 0.15) is 5.78 Å². The monoisotopic (exact) mass is 222 g/mol. The van der Waals surface area contributed by atoms with Crippen molar-refractivity contribution < 1.29 is 9.53 Å². The van der Waals surface area contributed by atoms with E-state index in [1.165, 1.54) is 25.7 Å². The summed E-state index contributed by atoms with van der Waals surface area (Å²) >= 11 is 0. The van der Waals surface area contributed by atoms with E-state index < -0.39 is 0 Å². The molecule has 2 nitrogen and oxygen atoms in total. The summed E-state index contributed by atoms with van der Waals surface area (Å²) in [6.45, 7) is 0. The second-order valence-corrected chi connectivity index (χ2v) is 5.92. The molecule has 3 aliphatic carbocycles. The summed E-state index contributed by atoms with van der Waals surface area (Å²) in [6.07, 6.45) is 9.57. The fourth-order valence-corrected chi connectivity index (χ4v) is 4.63. The first-order valence-corrected chi connectivity index (χ1v) is 6.87. The average molecular weight is 222 g/mol. The molecule has 90 valence electrons. The molecule has 3 rings (SSSR count). The van der Waals surface area contributed by atoms with Crippen LogP contribution in [-0.2, 0) is 9.53 Å². The summed E-state index contributed by atoms with van der Waals surface area (Å²) in [5.41, 5.74) is -0.0632. The van der Waals surface area contributed by atoms with Crippen LogP contribution in [0.15, 0.2) is 0 Å². The van der Waals surface area contributed by atoms with E-state index in [4.69, 9.17) is 4.74 Å². The minimum Gasteiger partial charge on any atom is -0.377 e. The molecule has 2 heteroatoms. The molecule has 0 radical (unpaired) electrons. The number of ketones is 1. The lowest BCUT2D eigenvalue weighted by Crippen LogP contribution is -2.58. The predicted octanol–water partition coefficient (Wildman–Crippen LogP) is 2.95. The van der Waals surface area contributed by atoms with E-state index in [1.807, 2.05) is 7.11 Å². The summed E-state index contributed by atoms with van der Waals surface area (Å²) < 4.78 is 5.92. The van der Waals surface area contributed by atoms with Gasteiger partial charge in [-0.2, -0.15) is 0 Å². The highest BCUT2D eigenvalue weighted by molar-refractivity contribution is 5.86. The Morgan fingerprint density at radius 2 is 2.06 bits per heavy atom. The van der Waals surface area contributed by atoms with Crippen molar-refractivity contribution in [2.24, 2.45) is 17.8 Å². The number of fused-ring (bicyclic) bond motifs is 4. The molecule has 2 bridgehead atoms. The van der Waals surface area contributed by atoms with Crippen LogP contribution in [0.4, 0.5) is 0 Å². The Kier molecular flexibility index (Phi) is 2.58. The van der Waals surface area contributed by atoms with E-state index in [2.05, 4.69) is 0 Å². The van der Waals surface area contributed by atoms with E-state index in [1.54, 1.807) is 0 Å². The third-order valence-corrected chi connectivity index (χ3v) is 5.39. The Balaban J connectivity index is 1.96. The standard InChI is InChI=1S/C14H22O2/c1-16-14-8-3-2-6-11(14)9-10-5-4-7-12(14)13(10)15/h10-12H,2-9H2,1H3. The lowest BCUT2D eigenvalue weighted by atomic mass is 9.55. The summed E-state index contributed by atoms with van der Waals surface area (Å²) in [5.74, 6) is 1.81. The van der Waals surface area contributed by atoms with E-state index in [0.29, 0.717) is 17.6 Å². The number of ether oxygens (including phenoxy) is 1. The zero-order chi connectivity index (χ0) is 11.2. The van der Waals surface area contributed by atoms with Gasteiger partial charge in [0.05, 0.1) is 5.60 Å². The van der Waals surface area contributed by atoms with Crippen molar-refractivity contribution >= 4 is 5.78 Å². The zero-order valence-corrected chi connectivity index (χ0v) is 10.2. The second-order valence-electron chi connectivity index (χ2n) is 5.92. The minimum atomic E-state index is -0.0632. The molecule has 0 heterocycles. The maximum Gasteiger partial charge on any atom is 0.141 e. The van der Waals surface area contributed by atoms with Crippen molar-refractivity contribution in [3.8, 4) is 0 Å². The Hall–Kier alpha value is -0.370. The third-order valence-electron chi connectivity index (χ3n) is 5.39. The molecule has 0 aromatic heterocycles. The highest BCUT2D eigenvalue weighted by Gasteiger charge is 2.56. The number of carbonyl (C=O) groups excluding carboxylic acids is 1. The molecular weight excluding hydrogens is 200 g/mol. The molecule has 0 amide bonds. The molecule has 0 saturated heterocycles. The van der Waals surface area contributed by atoms with Gasteiger partial charge in [-0.1, -0.05) is 19.3 Å². The molecule has 16 heavy (non-hydrogen) atoms. The number of hydrogen-bond acceptors (Lipinski definition) is 2. The molecule has 4 atom stereocenters. The van der Waals surface area contributed by atoms with Crippen LogP contribution < -0.4 is 0 Å². The van der Waals surface area contributed by atoms with Crippen LogP contribution in [-0.4, -0.2) is 18.5 Å². The summed E-state index contributed by atoms with van der Waals surface area (Å²) in [5, 5.41) is 0. The lowest BCUT2D eigenvalue weighted by Gasteiger charge is -2.54. The molecule has 3 fully saturated rings. The van der Waals surface area contributed by atoms with Crippen molar-refractivity contribution in [3.05, 3.63) is 0 Å². The van der Waals surface area contributed by atoms with Crippen molar-refractivity contribution in [1.82, 2.24) is 0 Å². The Labute approximate surface area is 97.7 Å². The normalized spacial score (nSPS) is 47.6. The molecular formula is C14H22O2. The Morgan fingerprint density at radius 1 is 1.19 bits per heavy atom. The van der Waals surface area contributed by atoms with Gasteiger partial charge < -0.3 is 4.74 Å². The average Bonchev–Trinajstić information content (AvgIpc) is 2.30. The Bertz CT molecular complexity index is 299. The van der Waals surface area contributed by atoms with Gasteiger partial charge >= 0.3 is 0 Å². The van der Waals surface area contributed by atoms with Crippen LogP contribution in [0, 0.1) is 17.8 Å². The van der Waals surface area contributed by atoms with Gasteiger partial charge in [0.15, 0.2) is 0 Å². The highest BCUT2D eigenvalue weighted by atomic mass is 16.5. The molecule has 3 aliphatic rings. The fraction of sp³-hybridized carbons (Fsp3) is 0.929. The molecule has 0 aromatic carbocycles. The van der Waals surface area contributed by atoms with Crippen LogP contribution in [0.5, 0.6) is 0 Å². The smallest absolute Gasteiger partial charge is 0.141 e. The van der Waals surface area contributed by atoms with E-state index in [0.717, 1.165) is 25.7 Å². The maximum absolute atomic E-state index is 12.3. The minimum absolute atomic E-state index is 0.0632. The van der Waals surface area contributed by atoms with Crippen LogP contribution in [0.3, 0.4) is 0 Å². The Morgan fingerprint density at radius 3 is 2.88 bits per heavy atom. The van der Waals surface area contributed by atoms with Crippen molar-refractivity contribution in [2.45, 2.75) is 57.0 Å². The summed E-state index contributed by atoms with van der Waals surface area (Å²) in [6, 6.07) is 0. The van der Waals surface area contributed by atoms with Gasteiger partial charge in [0.2, 0.25) is 0 Å². The van der Waals surface area contributed by atoms with E-state index in [9.17, 15) is 4.79 Å². The topological polar surface area (TPSA) is 26.3 Å². The van der Waals surface area contributed by atoms with Gasteiger partial charge in [-0.3, -0.25) is 4.79 Å². The maximum atomic E-state index is 12.3. The lowest BCUT2D eigenvalue weighted by molar-refractivity contribution is -0.177. The molecule has 0 N–H and O–H groups in total. The van der Waals surface area contributed by atoms with Gasteiger partial charge in [-0.15, -0.1) is 0 Å². The molecule has 4 unspecified atom stereocenters. The summed E-state index contributed by atoms with van der Waals surface area (Å²) in [4.78, 5) is 12.3. The van der Waals surface area contributed by atoms with E-state index >= 15 is 0 Å². The number of methoxy groups -OCH3 is 1. The van der Waals surface area contributed by atoms with Gasteiger partial charge in [0, 0.05) is 18.9 Å². The first-order valence-electron chi connectivity index (χ1n) is 6.87. The van der Waals surface area contributed by atoms with Crippen molar-refractivity contribution in [1.29, 1.82) is 0 Å². The highest BCUT2D eigenvalue weighted by Crippen LogP contribution is 2.53. The van der Waals surface area contributed by atoms with Crippen LogP contribution in [0.25, 0.3) is 0 Å². The van der Waals surface area contributed by atoms with E-state index in [-0.39, 0.29) is 11.5 Å². The fourth-order valence-electron chi connectivity index (χ4n) is 4.63. The third kappa shape index (κ3) is 1.32. The van der Waals surface area contributed by atoms with Gasteiger partial charge in [-0.05, 0) is 38.0 Å². The summed E-state index contributed by atoms with van der Waals surface area (Å²) in [7, 11) is 1.83. The number of carbonyl (C=O) groups is 1. The molecule has 0 spiro atoms. The van der Waals surface area contributed by atoms with Gasteiger partial charge in [0.25, 0.3) is 0 Å². The van der Waals surface area contributed by atoms with Crippen molar-refractivity contribution in [3.63, 3.8) is 0 Å². The molecule has 0 aromatic rings. The predicted molar refractivity (Wildman–Crippen MR) is 62.2 cm³/mol. The second kappa shape index (κ2) is 3.83.